The molecule has 0 fully saturated rings. The summed E-state index contributed by atoms with van der Waals surface area (Å²) in [6.07, 6.45) is 5.19. The minimum Gasteiger partial charge on any atom is -0.0726 e. The SMILES string of the molecule is [CH]=CC1c2ccccc2[C]c2ccccc21. The Bertz CT molecular complexity index is 492. The molecule has 1 aliphatic rings. The summed E-state index contributed by atoms with van der Waals surface area (Å²) in [5.41, 5.74) is 4.77. The number of hydrogen-bond acceptors (Lipinski definition) is 0. The lowest BCUT2D eigenvalue weighted by Crippen LogP contribution is -2.10. The smallest absolute Gasteiger partial charge is 0.0508 e. The molecule has 3 rings (SSSR count). The monoisotopic (exact) mass is 203 g/mol. The van der Waals surface area contributed by atoms with E-state index < -0.39 is 0 Å². The lowest BCUT2D eigenvalue weighted by atomic mass is 9.78. The van der Waals surface area contributed by atoms with E-state index in [9.17, 15) is 0 Å². The molecule has 0 bridgehead atoms. The van der Waals surface area contributed by atoms with Gasteiger partial charge < -0.3 is 0 Å². The first-order valence-electron chi connectivity index (χ1n) is 5.40. The van der Waals surface area contributed by atoms with Crippen molar-refractivity contribution in [2.75, 3.05) is 0 Å². The minimum atomic E-state index is 0.189. The van der Waals surface area contributed by atoms with E-state index in [1.165, 1.54) is 11.1 Å². The molecule has 0 saturated heterocycles. The average molecular weight is 203 g/mol. The fourth-order valence-electron chi connectivity index (χ4n) is 2.28. The van der Waals surface area contributed by atoms with Gasteiger partial charge in [0.15, 0.2) is 0 Å². The zero-order valence-corrected chi connectivity index (χ0v) is 8.85. The van der Waals surface area contributed by atoms with Crippen LogP contribution >= 0.6 is 0 Å². The van der Waals surface area contributed by atoms with Crippen molar-refractivity contribution in [3.05, 3.63) is 89.9 Å². The van der Waals surface area contributed by atoms with Gasteiger partial charge in [-0.2, -0.15) is 0 Å². The van der Waals surface area contributed by atoms with Crippen LogP contribution in [0.5, 0.6) is 0 Å². The first kappa shape index (κ1) is 9.41. The van der Waals surface area contributed by atoms with Crippen molar-refractivity contribution in [2.45, 2.75) is 5.92 Å². The van der Waals surface area contributed by atoms with Crippen LogP contribution in [0.3, 0.4) is 0 Å². The van der Waals surface area contributed by atoms with E-state index in [1.54, 1.807) is 6.08 Å². The quantitative estimate of drug-likeness (QED) is 0.664. The topological polar surface area (TPSA) is 0 Å². The van der Waals surface area contributed by atoms with Crippen molar-refractivity contribution >= 4 is 0 Å². The highest BCUT2D eigenvalue weighted by Gasteiger charge is 2.22. The second-order valence-corrected chi connectivity index (χ2v) is 3.97. The fourth-order valence-corrected chi connectivity index (χ4v) is 2.28. The molecule has 0 aromatic heterocycles. The third kappa shape index (κ3) is 1.30. The van der Waals surface area contributed by atoms with Crippen LogP contribution in [0.2, 0.25) is 0 Å². The molecule has 2 aromatic carbocycles. The summed E-state index contributed by atoms with van der Waals surface area (Å²) in [6.45, 7) is 5.78. The van der Waals surface area contributed by atoms with Crippen LogP contribution in [0.1, 0.15) is 28.2 Å². The van der Waals surface area contributed by atoms with Crippen molar-refractivity contribution in [1.29, 1.82) is 0 Å². The van der Waals surface area contributed by atoms with Crippen LogP contribution in [0, 0.1) is 13.0 Å². The molecule has 1 aliphatic carbocycles. The normalized spacial score (nSPS) is 14.0. The molecule has 0 spiro atoms. The molecule has 0 aliphatic heterocycles. The van der Waals surface area contributed by atoms with Crippen molar-refractivity contribution < 1.29 is 0 Å². The highest BCUT2D eigenvalue weighted by Crippen LogP contribution is 2.37. The van der Waals surface area contributed by atoms with Gasteiger partial charge in [-0.3, -0.25) is 0 Å². The number of hydrogen-bond donors (Lipinski definition) is 0. The molecule has 75 valence electrons. The minimum absolute atomic E-state index is 0.189. The van der Waals surface area contributed by atoms with Gasteiger partial charge in [-0.1, -0.05) is 61.2 Å². The van der Waals surface area contributed by atoms with Gasteiger partial charge in [0, 0.05) is 5.92 Å². The van der Waals surface area contributed by atoms with Crippen LogP contribution < -0.4 is 0 Å². The Morgan fingerprint density at radius 1 is 0.875 bits per heavy atom. The van der Waals surface area contributed by atoms with Gasteiger partial charge in [-0.25, -0.2) is 0 Å². The van der Waals surface area contributed by atoms with Crippen LogP contribution in [-0.2, 0) is 0 Å². The molecule has 0 saturated carbocycles. The lowest BCUT2D eigenvalue weighted by Gasteiger charge is -2.25. The predicted octanol–water partition coefficient (Wildman–Crippen LogP) is 3.60. The van der Waals surface area contributed by atoms with Crippen molar-refractivity contribution in [3.8, 4) is 0 Å². The van der Waals surface area contributed by atoms with E-state index in [0.717, 1.165) is 11.1 Å². The third-order valence-corrected chi connectivity index (χ3v) is 3.05. The van der Waals surface area contributed by atoms with E-state index in [4.69, 9.17) is 6.58 Å². The van der Waals surface area contributed by atoms with Crippen molar-refractivity contribution in [2.24, 2.45) is 0 Å². The summed E-state index contributed by atoms with van der Waals surface area (Å²) in [6, 6.07) is 16.6. The maximum Gasteiger partial charge on any atom is 0.0508 e. The fraction of sp³-hybridized carbons (Fsp3) is 0.0625. The zero-order chi connectivity index (χ0) is 11.0. The van der Waals surface area contributed by atoms with Crippen molar-refractivity contribution in [1.82, 2.24) is 0 Å². The molecule has 0 unspecified atom stereocenters. The van der Waals surface area contributed by atoms with Crippen LogP contribution in [0.25, 0.3) is 0 Å². The molecule has 0 nitrogen and oxygen atoms in total. The number of rotatable bonds is 1. The van der Waals surface area contributed by atoms with E-state index >= 15 is 0 Å². The lowest BCUT2D eigenvalue weighted by molar-refractivity contribution is 0.972. The Labute approximate surface area is 96.3 Å². The largest absolute Gasteiger partial charge is 0.0726 e. The summed E-state index contributed by atoms with van der Waals surface area (Å²) in [5.74, 6) is 0.189. The average Bonchev–Trinajstić information content (AvgIpc) is 2.36. The molecule has 0 amide bonds. The maximum atomic E-state index is 5.78. The zero-order valence-electron chi connectivity index (χ0n) is 8.85. The highest BCUT2D eigenvalue weighted by atomic mass is 14.3. The summed E-state index contributed by atoms with van der Waals surface area (Å²) in [4.78, 5) is 0. The van der Waals surface area contributed by atoms with Crippen LogP contribution in [-0.4, -0.2) is 0 Å². The summed E-state index contributed by atoms with van der Waals surface area (Å²) in [7, 11) is 0. The molecule has 2 aromatic rings. The molecule has 0 atom stereocenters. The summed E-state index contributed by atoms with van der Waals surface area (Å²) in [5, 5.41) is 0. The Balaban J connectivity index is 2.23. The first-order chi connectivity index (χ1) is 7.90. The molecule has 16 heavy (non-hydrogen) atoms. The van der Waals surface area contributed by atoms with Crippen LogP contribution in [0.4, 0.5) is 0 Å². The Kier molecular flexibility index (Phi) is 2.14. The van der Waals surface area contributed by atoms with Gasteiger partial charge >= 0.3 is 0 Å². The van der Waals surface area contributed by atoms with E-state index in [2.05, 4.69) is 30.7 Å². The maximum absolute atomic E-state index is 5.78. The van der Waals surface area contributed by atoms with Gasteiger partial charge in [-0.15, -0.1) is 0 Å². The van der Waals surface area contributed by atoms with Crippen LogP contribution in [0.15, 0.2) is 54.6 Å². The van der Waals surface area contributed by atoms with E-state index in [1.807, 2.05) is 24.3 Å². The highest BCUT2D eigenvalue weighted by molar-refractivity contribution is 5.57. The molecule has 3 radical (unpaired) electrons. The van der Waals surface area contributed by atoms with Gasteiger partial charge in [0.25, 0.3) is 0 Å². The first-order valence-corrected chi connectivity index (χ1v) is 5.40. The van der Waals surface area contributed by atoms with Gasteiger partial charge in [-0.05, 0) is 22.3 Å². The number of allylic oxidation sites excluding steroid dienone is 1. The predicted molar refractivity (Wildman–Crippen MR) is 65.0 cm³/mol. The van der Waals surface area contributed by atoms with E-state index in [-0.39, 0.29) is 5.92 Å². The number of fused-ring (bicyclic) bond motifs is 2. The standard InChI is InChI=1S/C16H11/c1-2-14-15-9-5-3-7-12(15)11-13-8-4-6-10-16(13)14/h1-10,14H. The Hall–Kier alpha value is -1.82. The third-order valence-electron chi connectivity index (χ3n) is 3.05. The Morgan fingerprint density at radius 3 is 1.88 bits per heavy atom. The molecule has 0 N–H and O–H groups in total. The van der Waals surface area contributed by atoms with Crippen molar-refractivity contribution in [3.63, 3.8) is 0 Å². The number of benzene rings is 2. The molecular weight excluding hydrogens is 192 g/mol. The molecule has 0 heterocycles. The van der Waals surface area contributed by atoms with E-state index in [0.29, 0.717) is 0 Å². The summed E-state index contributed by atoms with van der Waals surface area (Å²) >= 11 is 0. The van der Waals surface area contributed by atoms with Gasteiger partial charge in [0.1, 0.15) is 0 Å². The Morgan fingerprint density at radius 2 is 1.38 bits per heavy atom. The van der Waals surface area contributed by atoms with Gasteiger partial charge in [0.2, 0.25) is 0 Å². The molecule has 0 heteroatoms. The second-order valence-electron chi connectivity index (χ2n) is 3.97. The summed E-state index contributed by atoms with van der Waals surface area (Å²) < 4.78 is 0. The van der Waals surface area contributed by atoms with Gasteiger partial charge in [0.05, 0.1) is 6.42 Å². The second kappa shape index (κ2) is 3.64. The molecular formula is C16H11.